The van der Waals surface area contributed by atoms with Gasteiger partial charge in [-0.05, 0) is 11.8 Å². The standard InChI is InChI=1S/C12H18O3/c1-7(13)15-9-6-12(4)10(14)5-8(9)11(12,2)3/h8-9H,5-6H2,1-4H3/t8-,9-,12-/m0/s1. The molecule has 2 saturated carbocycles. The third kappa shape index (κ3) is 1.18. The van der Waals surface area contributed by atoms with Gasteiger partial charge in [-0.25, -0.2) is 0 Å². The van der Waals surface area contributed by atoms with Gasteiger partial charge in [-0.2, -0.15) is 0 Å². The van der Waals surface area contributed by atoms with Gasteiger partial charge in [0.05, 0.1) is 0 Å². The van der Waals surface area contributed by atoms with Crippen molar-refractivity contribution in [2.24, 2.45) is 16.7 Å². The van der Waals surface area contributed by atoms with Crippen molar-refractivity contribution in [1.29, 1.82) is 0 Å². The zero-order chi connectivity index (χ0) is 11.4. The van der Waals surface area contributed by atoms with Crippen LogP contribution in [-0.2, 0) is 14.3 Å². The van der Waals surface area contributed by atoms with Crippen molar-refractivity contribution >= 4 is 11.8 Å². The second kappa shape index (κ2) is 2.83. The predicted molar refractivity (Wildman–Crippen MR) is 55.2 cm³/mol. The fraction of sp³-hybridized carbons (Fsp3) is 0.833. The lowest BCUT2D eigenvalue weighted by atomic mass is 9.70. The molecule has 0 aromatic carbocycles. The third-order valence-electron chi connectivity index (χ3n) is 4.75. The van der Waals surface area contributed by atoms with Crippen LogP contribution < -0.4 is 0 Å². The van der Waals surface area contributed by atoms with Crippen molar-refractivity contribution in [3.63, 3.8) is 0 Å². The number of carbonyl (C=O) groups is 2. The zero-order valence-electron chi connectivity index (χ0n) is 9.79. The Hall–Kier alpha value is -0.860. The van der Waals surface area contributed by atoms with Gasteiger partial charge in [0.15, 0.2) is 0 Å². The molecule has 2 bridgehead atoms. The van der Waals surface area contributed by atoms with Gasteiger partial charge in [0.25, 0.3) is 0 Å². The molecule has 2 fully saturated rings. The van der Waals surface area contributed by atoms with E-state index in [1.165, 1.54) is 6.92 Å². The van der Waals surface area contributed by atoms with E-state index < -0.39 is 0 Å². The number of fused-ring (bicyclic) bond motifs is 2. The highest BCUT2D eigenvalue weighted by Crippen LogP contribution is 2.64. The summed E-state index contributed by atoms with van der Waals surface area (Å²) in [6, 6.07) is 0. The van der Waals surface area contributed by atoms with E-state index in [2.05, 4.69) is 13.8 Å². The molecule has 2 aliphatic rings. The molecule has 2 aliphatic carbocycles. The first kappa shape index (κ1) is 10.7. The second-order valence-electron chi connectivity index (χ2n) is 5.64. The molecule has 0 spiro atoms. The maximum absolute atomic E-state index is 11.9. The Morgan fingerprint density at radius 1 is 1.40 bits per heavy atom. The van der Waals surface area contributed by atoms with E-state index in [1.807, 2.05) is 6.92 Å². The molecule has 3 heteroatoms. The highest BCUT2D eigenvalue weighted by Gasteiger charge is 2.66. The fourth-order valence-electron chi connectivity index (χ4n) is 3.30. The Morgan fingerprint density at radius 3 is 2.33 bits per heavy atom. The van der Waals surface area contributed by atoms with Crippen molar-refractivity contribution in [2.45, 2.75) is 46.6 Å². The van der Waals surface area contributed by atoms with E-state index in [1.54, 1.807) is 0 Å². The Morgan fingerprint density at radius 2 is 2.00 bits per heavy atom. The van der Waals surface area contributed by atoms with Gasteiger partial charge in [-0.1, -0.05) is 20.8 Å². The number of hydrogen-bond donors (Lipinski definition) is 0. The normalized spacial score (nSPS) is 42.0. The summed E-state index contributed by atoms with van der Waals surface area (Å²) in [5.74, 6) is 0.305. The van der Waals surface area contributed by atoms with Crippen molar-refractivity contribution in [3.05, 3.63) is 0 Å². The Labute approximate surface area is 90.2 Å². The smallest absolute Gasteiger partial charge is 0.302 e. The van der Waals surface area contributed by atoms with Gasteiger partial charge in [-0.15, -0.1) is 0 Å². The lowest BCUT2D eigenvalue weighted by molar-refractivity contribution is -0.151. The number of ether oxygens (including phenoxy) is 1. The van der Waals surface area contributed by atoms with Gasteiger partial charge in [0.2, 0.25) is 0 Å². The van der Waals surface area contributed by atoms with Gasteiger partial charge in [-0.3, -0.25) is 9.59 Å². The number of ketones is 1. The minimum absolute atomic E-state index is 0.0375. The van der Waals surface area contributed by atoms with Crippen molar-refractivity contribution in [2.75, 3.05) is 0 Å². The highest BCUT2D eigenvalue weighted by atomic mass is 16.5. The molecule has 0 aliphatic heterocycles. The molecule has 0 saturated heterocycles. The molecule has 0 N–H and O–H groups in total. The van der Waals surface area contributed by atoms with Crippen molar-refractivity contribution < 1.29 is 14.3 Å². The molecule has 3 atom stereocenters. The highest BCUT2D eigenvalue weighted by molar-refractivity contribution is 5.89. The number of hydrogen-bond acceptors (Lipinski definition) is 3. The lowest BCUT2D eigenvalue weighted by Crippen LogP contribution is -2.33. The van der Waals surface area contributed by atoms with E-state index >= 15 is 0 Å². The van der Waals surface area contributed by atoms with Crippen LogP contribution in [0.4, 0.5) is 0 Å². The molecule has 0 radical (unpaired) electrons. The quantitative estimate of drug-likeness (QED) is 0.621. The molecule has 0 unspecified atom stereocenters. The summed E-state index contributed by atoms with van der Waals surface area (Å²) in [7, 11) is 0. The molecule has 3 nitrogen and oxygen atoms in total. The van der Waals surface area contributed by atoms with Crippen LogP contribution in [0.25, 0.3) is 0 Å². The first-order valence-electron chi connectivity index (χ1n) is 5.49. The fourth-order valence-corrected chi connectivity index (χ4v) is 3.30. The maximum Gasteiger partial charge on any atom is 0.302 e. The summed E-state index contributed by atoms with van der Waals surface area (Å²) in [5.41, 5.74) is -0.331. The topological polar surface area (TPSA) is 43.4 Å². The van der Waals surface area contributed by atoms with Gasteiger partial charge in [0.1, 0.15) is 11.9 Å². The van der Waals surface area contributed by atoms with E-state index in [9.17, 15) is 9.59 Å². The Kier molecular flexibility index (Phi) is 2.01. The van der Waals surface area contributed by atoms with Gasteiger partial charge < -0.3 is 4.74 Å². The summed E-state index contributed by atoms with van der Waals surface area (Å²) in [4.78, 5) is 22.8. The van der Waals surface area contributed by atoms with Gasteiger partial charge >= 0.3 is 5.97 Å². The molecule has 15 heavy (non-hydrogen) atoms. The van der Waals surface area contributed by atoms with E-state index in [0.717, 1.165) is 0 Å². The van der Waals surface area contributed by atoms with Crippen LogP contribution in [0.1, 0.15) is 40.5 Å². The van der Waals surface area contributed by atoms with Crippen LogP contribution in [0.15, 0.2) is 0 Å². The molecular weight excluding hydrogens is 192 g/mol. The number of Topliss-reactive ketones (excluding diaryl/α,β-unsaturated/α-hetero) is 1. The monoisotopic (exact) mass is 210 g/mol. The van der Waals surface area contributed by atoms with Crippen molar-refractivity contribution in [3.8, 4) is 0 Å². The van der Waals surface area contributed by atoms with Crippen LogP contribution in [0.2, 0.25) is 0 Å². The minimum Gasteiger partial charge on any atom is -0.462 e. The first-order valence-corrected chi connectivity index (χ1v) is 5.49. The third-order valence-corrected chi connectivity index (χ3v) is 4.75. The number of rotatable bonds is 1. The molecule has 0 heterocycles. The molecular formula is C12H18O3. The molecule has 0 aromatic heterocycles. The van der Waals surface area contributed by atoms with Crippen LogP contribution >= 0.6 is 0 Å². The van der Waals surface area contributed by atoms with E-state index in [0.29, 0.717) is 18.6 Å². The summed E-state index contributed by atoms with van der Waals surface area (Å²) in [6.45, 7) is 7.68. The molecule has 84 valence electrons. The number of carbonyl (C=O) groups excluding carboxylic acids is 2. The molecule has 0 amide bonds. The maximum atomic E-state index is 11.9. The van der Waals surface area contributed by atoms with E-state index in [-0.39, 0.29) is 28.8 Å². The van der Waals surface area contributed by atoms with Gasteiger partial charge in [0, 0.05) is 24.7 Å². The average Bonchev–Trinajstić information content (AvgIpc) is 2.34. The predicted octanol–water partition coefficient (Wildman–Crippen LogP) is 1.94. The van der Waals surface area contributed by atoms with E-state index in [4.69, 9.17) is 4.74 Å². The number of esters is 1. The van der Waals surface area contributed by atoms with Crippen LogP contribution in [0.3, 0.4) is 0 Å². The summed E-state index contributed by atoms with van der Waals surface area (Å²) < 4.78 is 5.30. The first-order chi connectivity index (χ1) is 6.79. The summed E-state index contributed by atoms with van der Waals surface area (Å²) in [6.07, 6.45) is 1.21. The Balaban J connectivity index is 2.28. The Bertz CT molecular complexity index is 332. The SMILES string of the molecule is CC(=O)O[C@H]1C[C@@]2(C)C(=O)C[C@@H]1C2(C)C. The van der Waals surface area contributed by atoms with Crippen molar-refractivity contribution in [1.82, 2.24) is 0 Å². The second-order valence-corrected chi connectivity index (χ2v) is 5.64. The minimum atomic E-state index is -0.294. The molecule has 0 aromatic rings. The largest absolute Gasteiger partial charge is 0.462 e. The van der Waals surface area contributed by atoms with Crippen LogP contribution in [0.5, 0.6) is 0 Å². The summed E-state index contributed by atoms with van der Waals surface area (Å²) >= 11 is 0. The lowest BCUT2D eigenvalue weighted by Gasteiger charge is -2.31. The van der Waals surface area contributed by atoms with Crippen LogP contribution in [-0.4, -0.2) is 17.9 Å². The zero-order valence-corrected chi connectivity index (χ0v) is 9.79. The molecule has 2 rings (SSSR count). The van der Waals surface area contributed by atoms with Crippen LogP contribution in [0, 0.1) is 16.7 Å². The average molecular weight is 210 g/mol. The summed E-state index contributed by atoms with van der Waals surface area (Å²) in [5, 5.41) is 0.